The molecule has 3 rings (SSSR count). The van der Waals surface area contributed by atoms with Gasteiger partial charge in [-0.15, -0.1) is 0 Å². The van der Waals surface area contributed by atoms with Crippen LogP contribution >= 0.6 is 7.37 Å². The fraction of sp³-hybridized carbons (Fsp3) is 0.419. The molecule has 4 nitrogen and oxygen atoms in total. The van der Waals surface area contributed by atoms with E-state index < -0.39 is 7.37 Å². The van der Waals surface area contributed by atoms with Gasteiger partial charge in [-0.2, -0.15) is 0 Å². The van der Waals surface area contributed by atoms with E-state index in [-0.39, 0.29) is 17.2 Å². The van der Waals surface area contributed by atoms with Gasteiger partial charge in [-0.05, 0) is 77.3 Å². The van der Waals surface area contributed by atoms with Gasteiger partial charge in [-0.3, -0.25) is 4.57 Å². The molecule has 3 aromatic rings. The quantitative estimate of drug-likeness (QED) is 0.234. The zero-order chi connectivity index (χ0) is 27.2. The maximum atomic E-state index is 14.8. The summed E-state index contributed by atoms with van der Waals surface area (Å²) in [4.78, 5) is 0. The predicted octanol–water partition coefficient (Wildman–Crippen LogP) is 8.72. The summed E-state index contributed by atoms with van der Waals surface area (Å²) in [6.45, 7) is 13.0. The second-order valence-corrected chi connectivity index (χ2v) is 13.6. The minimum absolute atomic E-state index is 0.0221. The van der Waals surface area contributed by atoms with Gasteiger partial charge >= 0.3 is 0 Å². The van der Waals surface area contributed by atoms with Crippen LogP contribution in [0.3, 0.4) is 0 Å². The van der Waals surface area contributed by atoms with Crippen LogP contribution in [0.4, 0.5) is 4.39 Å². The van der Waals surface area contributed by atoms with Crippen LogP contribution in [0, 0.1) is 11.2 Å². The number of rotatable bonds is 11. The molecule has 0 aliphatic carbocycles. The molecular weight excluding hydrogens is 486 g/mol. The highest BCUT2D eigenvalue weighted by atomic mass is 31.2. The van der Waals surface area contributed by atoms with Crippen molar-refractivity contribution in [3.8, 4) is 22.6 Å². The number of hydrogen-bond acceptors (Lipinski definition) is 4. The molecule has 3 aromatic carbocycles. The second-order valence-electron chi connectivity index (χ2n) is 11.0. The third-order valence-electron chi connectivity index (χ3n) is 6.19. The van der Waals surface area contributed by atoms with E-state index in [4.69, 9.17) is 14.0 Å². The Morgan fingerprint density at radius 1 is 0.973 bits per heavy atom. The van der Waals surface area contributed by atoms with E-state index in [1.165, 1.54) is 6.07 Å². The van der Waals surface area contributed by atoms with Gasteiger partial charge in [0.05, 0.1) is 13.7 Å². The Labute approximate surface area is 221 Å². The molecule has 0 aliphatic heterocycles. The Morgan fingerprint density at radius 3 is 2.41 bits per heavy atom. The zero-order valence-corrected chi connectivity index (χ0v) is 24.0. The monoisotopic (exact) mass is 526 g/mol. The minimum atomic E-state index is -2.63. The first-order chi connectivity index (χ1) is 17.4. The van der Waals surface area contributed by atoms with Crippen LogP contribution < -0.4 is 9.47 Å². The molecule has 2 unspecified atom stereocenters. The molecule has 37 heavy (non-hydrogen) atoms. The Hall–Kier alpha value is -2.62. The number of halogens is 1. The molecule has 0 bridgehead atoms. The van der Waals surface area contributed by atoms with Crippen molar-refractivity contribution in [3.63, 3.8) is 0 Å². The van der Waals surface area contributed by atoms with Gasteiger partial charge < -0.3 is 14.0 Å². The average Bonchev–Trinajstić information content (AvgIpc) is 2.82. The number of ether oxygens (including phenoxy) is 2. The van der Waals surface area contributed by atoms with Gasteiger partial charge in [0.1, 0.15) is 23.9 Å². The van der Waals surface area contributed by atoms with Crippen molar-refractivity contribution in [1.82, 2.24) is 0 Å². The summed E-state index contributed by atoms with van der Waals surface area (Å²) >= 11 is 0. The second kappa shape index (κ2) is 12.3. The van der Waals surface area contributed by atoms with E-state index in [0.717, 1.165) is 34.4 Å². The van der Waals surface area contributed by atoms with Crippen molar-refractivity contribution in [1.29, 1.82) is 0 Å². The van der Waals surface area contributed by atoms with Crippen LogP contribution in [0.25, 0.3) is 11.1 Å². The van der Waals surface area contributed by atoms with Crippen molar-refractivity contribution in [2.24, 2.45) is 5.41 Å². The molecule has 0 aromatic heterocycles. The average molecular weight is 527 g/mol. The third-order valence-corrected chi connectivity index (χ3v) is 8.21. The van der Waals surface area contributed by atoms with Crippen LogP contribution in [0.2, 0.25) is 0 Å². The molecule has 0 amide bonds. The molecule has 0 heterocycles. The third kappa shape index (κ3) is 8.45. The van der Waals surface area contributed by atoms with Gasteiger partial charge in [0, 0.05) is 18.4 Å². The summed E-state index contributed by atoms with van der Waals surface area (Å²) in [5.74, 6) is 1.19. The summed E-state index contributed by atoms with van der Waals surface area (Å²) in [7, 11) is -1.04. The van der Waals surface area contributed by atoms with Gasteiger partial charge in [0.25, 0.3) is 0 Å². The highest BCUT2D eigenvalue weighted by Gasteiger charge is 2.21. The van der Waals surface area contributed by atoms with E-state index in [1.807, 2.05) is 43.3 Å². The molecule has 0 spiro atoms. The maximum absolute atomic E-state index is 14.8. The van der Waals surface area contributed by atoms with Crippen LogP contribution in [0.1, 0.15) is 57.2 Å². The molecule has 0 fully saturated rings. The lowest BCUT2D eigenvalue weighted by Crippen LogP contribution is -2.11. The lowest BCUT2D eigenvalue weighted by atomic mass is 9.84. The lowest BCUT2D eigenvalue weighted by molar-refractivity contribution is 0.305. The first kappa shape index (κ1) is 28.9. The van der Waals surface area contributed by atoms with Crippen LogP contribution in [-0.2, 0) is 22.1 Å². The number of benzene rings is 3. The van der Waals surface area contributed by atoms with Crippen LogP contribution in [-0.4, -0.2) is 26.5 Å². The van der Waals surface area contributed by atoms with Crippen molar-refractivity contribution in [2.45, 2.75) is 53.6 Å². The zero-order valence-electron chi connectivity index (χ0n) is 23.1. The predicted molar refractivity (Wildman–Crippen MR) is 151 cm³/mol. The SMILES string of the molecule is CCOP(C)(=O)CC(C)c1cccc(OCc2ccc(-c3cc(OC)ccc3F)c(CC(C)(C)C)c2)c1. The summed E-state index contributed by atoms with van der Waals surface area (Å²) in [5.41, 5.74) is 4.57. The largest absolute Gasteiger partial charge is 0.497 e. The molecular formula is C31H40FO4P. The highest BCUT2D eigenvalue weighted by molar-refractivity contribution is 7.58. The van der Waals surface area contributed by atoms with E-state index in [0.29, 0.717) is 30.7 Å². The Bertz CT molecular complexity index is 1250. The highest BCUT2D eigenvalue weighted by Crippen LogP contribution is 2.46. The van der Waals surface area contributed by atoms with E-state index in [1.54, 1.807) is 25.9 Å². The summed E-state index contributed by atoms with van der Waals surface area (Å²) in [5, 5.41) is 0. The molecule has 0 saturated heterocycles. The van der Waals surface area contributed by atoms with Gasteiger partial charge in [0.15, 0.2) is 0 Å². The molecule has 0 aliphatic rings. The van der Waals surface area contributed by atoms with Gasteiger partial charge in [-0.25, -0.2) is 4.39 Å². The lowest BCUT2D eigenvalue weighted by Gasteiger charge is -2.22. The molecule has 2 atom stereocenters. The maximum Gasteiger partial charge on any atom is 0.200 e. The standard InChI is InChI=1S/C31H40FO4P/c1-8-36-37(7,33)21-22(2)24-10-9-11-27(17-24)35-20-23-12-14-28(25(16-23)19-31(3,4)5)29-18-26(34-6)13-15-30(29)32/h9-18,22H,8,19-21H2,1-7H3. The molecule has 0 radical (unpaired) electrons. The number of hydrogen-bond donors (Lipinski definition) is 0. The van der Waals surface area contributed by atoms with Crippen LogP contribution in [0.15, 0.2) is 60.7 Å². The first-order valence-electron chi connectivity index (χ1n) is 12.8. The van der Waals surface area contributed by atoms with Crippen molar-refractivity contribution >= 4 is 7.37 Å². The molecule has 6 heteroatoms. The summed E-state index contributed by atoms with van der Waals surface area (Å²) in [6.07, 6.45) is 1.28. The Kier molecular flexibility index (Phi) is 9.61. The summed E-state index contributed by atoms with van der Waals surface area (Å²) in [6, 6.07) is 18.8. The van der Waals surface area contributed by atoms with Crippen molar-refractivity contribution < 1.29 is 23.0 Å². The van der Waals surface area contributed by atoms with E-state index >= 15 is 0 Å². The van der Waals surface area contributed by atoms with Crippen LogP contribution in [0.5, 0.6) is 11.5 Å². The van der Waals surface area contributed by atoms with E-state index in [2.05, 4.69) is 33.8 Å². The Morgan fingerprint density at radius 2 is 1.73 bits per heavy atom. The van der Waals surface area contributed by atoms with Crippen molar-refractivity contribution in [3.05, 3.63) is 83.2 Å². The van der Waals surface area contributed by atoms with Gasteiger partial charge in [0.2, 0.25) is 7.37 Å². The molecule has 0 N–H and O–H groups in total. The fourth-order valence-electron chi connectivity index (χ4n) is 4.56. The van der Waals surface area contributed by atoms with Crippen molar-refractivity contribution in [2.75, 3.05) is 26.5 Å². The smallest absolute Gasteiger partial charge is 0.200 e. The topological polar surface area (TPSA) is 44.8 Å². The Balaban J connectivity index is 1.83. The fourth-order valence-corrected chi connectivity index (χ4v) is 6.42. The minimum Gasteiger partial charge on any atom is -0.497 e. The van der Waals surface area contributed by atoms with E-state index in [9.17, 15) is 8.96 Å². The van der Waals surface area contributed by atoms with Gasteiger partial charge in [-0.1, -0.05) is 58.0 Å². The number of methoxy groups -OCH3 is 1. The molecule has 200 valence electrons. The molecule has 0 saturated carbocycles. The normalized spacial score (nSPS) is 14.2. The summed E-state index contributed by atoms with van der Waals surface area (Å²) < 4.78 is 44.4. The first-order valence-corrected chi connectivity index (χ1v) is 15.1.